The lowest BCUT2D eigenvalue weighted by Crippen LogP contribution is -2.43. The topological polar surface area (TPSA) is 66.8 Å². The monoisotopic (exact) mass is 253 g/mol. The molecule has 0 bridgehead atoms. The molecule has 1 saturated heterocycles. The molecular formula is C13H19NO4. The minimum atomic E-state index is -1.01. The summed E-state index contributed by atoms with van der Waals surface area (Å²) in [6.45, 7) is 5.58. The van der Waals surface area contributed by atoms with Gasteiger partial charge in [0.15, 0.2) is 0 Å². The third-order valence-electron chi connectivity index (χ3n) is 2.71. The zero-order chi connectivity index (χ0) is 13.9. The highest BCUT2D eigenvalue weighted by molar-refractivity contribution is 5.81. The zero-order valence-corrected chi connectivity index (χ0v) is 11.0. The van der Waals surface area contributed by atoms with Crippen molar-refractivity contribution in [2.24, 2.45) is 5.92 Å². The van der Waals surface area contributed by atoms with Crippen LogP contribution in [0.3, 0.4) is 0 Å². The zero-order valence-electron chi connectivity index (χ0n) is 11.0. The van der Waals surface area contributed by atoms with Gasteiger partial charge in [0, 0.05) is 13.0 Å². The Morgan fingerprint density at radius 3 is 2.56 bits per heavy atom. The first-order valence-corrected chi connectivity index (χ1v) is 5.90. The SMILES string of the molecule is C#CCC1CC(C(=O)O)N(C(=O)OC(C)(C)C)C1. The highest BCUT2D eigenvalue weighted by Gasteiger charge is 2.41. The Labute approximate surface area is 107 Å². The summed E-state index contributed by atoms with van der Waals surface area (Å²) in [6.07, 6.45) is 5.50. The maximum Gasteiger partial charge on any atom is 0.411 e. The van der Waals surface area contributed by atoms with Gasteiger partial charge in [-0.05, 0) is 33.1 Å². The number of likely N-dealkylation sites (tertiary alicyclic amines) is 1. The van der Waals surface area contributed by atoms with E-state index in [0.717, 1.165) is 0 Å². The summed E-state index contributed by atoms with van der Waals surface area (Å²) in [6, 6.07) is -0.835. The van der Waals surface area contributed by atoms with Gasteiger partial charge < -0.3 is 9.84 Å². The molecule has 0 saturated carbocycles. The van der Waals surface area contributed by atoms with Gasteiger partial charge in [-0.2, -0.15) is 0 Å². The van der Waals surface area contributed by atoms with E-state index >= 15 is 0 Å². The number of nitrogens with zero attached hydrogens (tertiary/aromatic N) is 1. The molecule has 0 aromatic rings. The summed E-state index contributed by atoms with van der Waals surface area (Å²) in [5.74, 6) is 1.52. The lowest BCUT2D eigenvalue weighted by molar-refractivity contribution is -0.142. The Kier molecular flexibility index (Phi) is 4.23. The van der Waals surface area contributed by atoms with Crippen LogP contribution in [0.2, 0.25) is 0 Å². The van der Waals surface area contributed by atoms with Crippen LogP contribution < -0.4 is 0 Å². The van der Waals surface area contributed by atoms with Crippen LogP contribution in [0.15, 0.2) is 0 Å². The average molecular weight is 253 g/mol. The van der Waals surface area contributed by atoms with Crippen molar-refractivity contribution >= 4 is 12.1 Å². The molecule has 1 amide bonds. The third kappa shape index (κ3) is 3.66. The van der Waals surface area contributed by atoms with Gasteiger partial charge in [-0.3, -0.25) is 4.90 Å². The first kappa shape index (κ1) is 14.4. The Bertz CT molecular complexity index is 377. The van der Waals surface area contributed by atoms with Crippen LogP contribution in [-0.2, 0) is 9.53 Å². The predicted octanol–water partition coefficient (Wildman–Crippen LogP) is 1.72. The van der Waals surface area contributed by atoms with Gasteiger partial charge in [0.1, 0.15) is 11.6 Å². The number of carboxylic acids is 1. The number of carboxylic acid groups (broad SMARTS) is 1. The van der Waals surface area contributed by atoms with Crippen molar-refractivity contribution in [2.45, 2.75) is 45.3 Å². The fourth-order valence-corrected chi connectivity index (χ4v) is 1.99. The molecule has 0 aromatic carbocycles. The molecule has 0 radical (unpaired) electrons. The van der Waals surface area contributed by atoms with E-state index in [-0.39, 0.29) is 5.92 Å². The molecule has 1 aliphatic rings. The summed E-state index contributed by atoms with van der Waals surface area (Å²) in [4.78, 5) is 24.3. The normalized spacial score (nSPS) is 23.6. The van der Waals surface area contributed by atoms with Crippen LogP contribution in [0.1, 0.15) is 33.6 Å². The van der Waals surface area contributed by atoms with Crippen LogP contribution in [0.4, 0.5) is 4.79 Å². The van der Waals surface area contributed by atoms with E-state index in [0.29, 0.717) is 19.4 Å². The molecule has 1 aliphatic heterocycles. The van der Waals surface area contributed by atoms with Crippen LogP contribution in [0.25, 0.3) is 0 Å². The number of carbonyl (C=O) groups excluding carboxylic acids is 1. The number of ether oxygens (including phenoxy) is 1. The predicted molar refractivity (Wildman–Crippen MR) is 65.9 cm³/mol. The number of amides is 1. The second-order valence-electron chi connectivity index (χ2n) is 5.50. The Morgan fingerprint density at radius 1 is 1.50 bits per heavy atom. The van der Waals surface area contributed by atoms with E-state index in [2.05, 4.69) is 5.92 Å². The minimum absolute atomic E-state index is 0.0311. The lowest BCUT2D eigenvalue weighted by atomic mass is 10.0. The first-order chi connectivity index (χ1) is 8.24. The van der Waals surface area contributed by atoms with E-state index in [1.165, 1.54) is 4.90 Å². The molecule has 1 rings (SSSR count). The largest absolute Gasteiger partial charge is 0.480 e. The van der Waals surface area contributed by atoms with Crippen molar-refractivity contribution in [1.29, 1.82) is 0 Å². The van der Waals surface area contributed by atoms with Crippen molar-refractivity contribution in [3.63, 3.8) is 0 Å². The minimum Gasteiger partial charge on any atom is -0.480 e. The number of hydrogen-bond donors (Lipinski definition) is 1. The highest BCUT2D eigenvalue weighted by Crippen LogP contribution is 2.27. The molecule has 100 valence electrons. The van der Waals surface area contributed by atoms with Crippen molar-refractivity contribution in [3.05, 3.63) is 0 Å². The Hall–Kier alpha value is -1.70. The van der Waals surface area contributed by atoms with E-state index in [1.54, 1.807) is 20.8 Å². The van der Waals surface area contributed by atoms with Crippen LogP contribution >= 0.6 is 0 Å². The lowest BCUT2D eigenvalue weighted by Gasteiger charge is -2.26. The molecule has 2 unspecified atom stereocenters. The number of aliphatic carboxylic acids is 1. The molecule has 5 nitrogen and oxygen atoms in total. The molecule has 1 heterocycles. The maximum absolute atomic E-state index is 11.9. The first-order valence-electron chi connectivity index (χ1n) is 5.90. The number of carbonyl (C=O) groups is 2. The van der Waals surface area contributed by atoms with Crippen molar-refractivity contribution < 1.29 is 19.4 Å². The van der Waals surface area contributed by atoms with Gasteiger partial charge >= 0.3 is 12.1 Å². The fourth-order valence-electron chi connectivity index (χ4n) is 1.99. The average Bonchev–Trinajstić information content (AvgIpc) is 2.59. The van der Waals surface area contributed by atoms with Crippen molar-refractivity contribution in [3.8, 4) is 12.3 Å². The Balaban J connectivity index is 2.76. The second-order valence-corrected chi connectivity index (χ2v) is 5.50. The molecule has 0 aromatic heterocycles. The van der Waals surface area contributed by atoms with E-state index in [1.807, 2.05) is 0 Å². The van der Waals surface area contributed by atoms with Gasteiger partial charge in [-0.15, -0.1) is 12.3 Å². The van der Waals surface area contributed by atoms with E-state index < -0.39 is 23.7 Å². The molecule has 18 heavy (non-hydrogen) atoms. The van der Waals surface area contributed by atoms with Crippen LogP contribution in [0.5, 0.6) is 0 Å². The summed E-state index contributed by atoms with van der Waals surface area (Å²) in [5, 5.41) is 9.12. The van der Waals surface area contributed by atoms with Gasteiger partial charge in [-0.25, -0.2) is 9.59 Å². The number of hydrogen-bond acceptors (Lipinski definition) is 3. The van der Waals surface area contributed by atoms with Crippen molar-refractivity contribution in [2.75, 3.05) is 6.54 Å². The van der Waals surface area contributed by atoms with Crippen molar-refractivity contribution in [1.82, 2.24) is 4.90 Å². The van der Waals surface area contributed by atoms with E-state index in [4.69, 9.17) is 16.3 Å². The molecule has 0 aliphatic carbocycles. The number of rotatable bonds is 2. The highest BCUT2D eigenvalue weighted by atomic mass is 16.6. The van der Waals surface area contributed by atoms with Gasteiger partial charge in [0.05, 0.1) is 0 Å². The standard InChI is InChI=1S/C13H19NO4/c1-5-6-9-7-10(11(15)16)14(8-9)12(17)18-13(2,3)4/h1,9-10H,6-8H2,2-4H3,(H,15,16). The molecule has 2 atom stereocenters. The number of terminal acetylenes is 1. The van der Waals surface area contributed by atoms with Gasteiger partial charge in [0.25, 0.3) is 0 Å². The molecular weight excluding hydrogens is 234 g/mol. The molecule has 1 N–H and O–H groups in total. The summed E-state index contributed by atoms with van der Waals surface area (Å²) < 4.78 is 5.20. The Morgan fingerprint density at radius 2 is 2.11 bits per heavy atom. The molecule has 1 fully saturated rings. The van der Waals surface area contributed by atoms with Gasteiger partial charge in [-0.1, -0.05) is 0 Å². The third-order valence-corrected chi connectivity index (χ3v) is 2.71. The molecule has 0 spiro atoms. The smallest absolute Gasteiger partial charge is 0.411 e. The fraction of sp³-hybridized carbons (Fsp3) is 0.692. The summed E-state index contributed by atoms with van der Waals surface area (Å²) in [5.41, 5.74) is -0.635. The van der Waals surface area contributed by atoms with Crippen LogP contribution in [-0.4, -0.2) is 40.3 Å². The summed E-state index contributed by atoms with van der Waals surface area (Å²) >= 11 is 0. The molecule has 5 heteroatoms. The van der Waals surface area contributed by atoms with Gasteiger partial charge in [0.2, 0.25) is 0 Å². The quantitative estimate of drug-likeness (QED) is 0.761. The second kappa shape index (κ2) is 5.30. The van der Waals surface area contributed by atoms with Crippen LogP contribution in [0, 0.1) is 18.3 Å². The summed E-state index contributed by atoms with van der Waals surface area (Å²) in [7, 11) is 0. The van der Waals surface area contributed by atoms with E-state index in [9.17, 15) is 9.59 Å². The maximum atomic E-state index is 11.9.